The number of carbonyl (C=O) groups excluding carboxylic acids is 1. The number of carbonyl (C=O) groups is 1. The van der Waals surface area contributed by atoms with Gasteiger partial charge < -0.3 is 10.4 Å². The van der Waals surface area contributed by atoms with Crippen LogP contribution in [0.3, 0.4) is 0 Å². The van der Waals surface area contributed by atoms with Crippen molar-refractivity contribution in [2.45, 2.75) is 6.18 Å². The summed E-state index contributed by atoms with van der Waals surface area (Å²) in [4.78, 5) is 16.5. The van der Waals surface area contributed by atoms with E-state index < -0.39 is 33.6 Å². The number of hydrogen-bond acceptors (Lipinski definition) is 5. The fourth-order valence-electron chi connectivity index (χ4n) is 2.58. The number of nitrogens with one attached hydrogen (secondary N) is 2. The lowest BCUT2D eigenvalue weighted by molar-refractivity contribution is -0.137. The summed E-state index contributed by atoms with van der Waals surface area (Å²) in [7, 11) is -4.13. The molecule has 5 N–H and O–H groups in total. The van der Waals surface area contributed by atoms with Crippen LogP contribution < -0.4 is 15.2 Å². The van der Waals surface area contributed by atoms with Gasteiger partial charge in [0.05, 0.1) is 22.5 Å². The number of anilines is 2. The molecular weight excluding hydrogens is 437 g/mol. The van der Waals surface area contributed by atoms with Crippen LogP contribution in [0.1, 0.15) is 15.9 Å². The summed E-state index contributed by atoms with van der Waals surface area (Å²) in [6.07, 6.45) is -3.20. The normalized spacial score (nSPS) is 11.7. The molecule has 3 aromatic rings. The lowest BCUT2D eigenvalue weighted by Crippen LogP contribution is -2.22. The first-order valence-electron chi connectivity index (χ1n) is 8.51. The molecule has 0 saturated carbocycles. The Hall–Kier alpha value is -3.64. The minimum Gasteiger partial charge on any atom is -0.506 e. The van der Waals surface area contributed by atoms with Gasteiger partial charge in [0.15, 0.2) is 0 Å². The zero-order chi connectivity index (χ0) is 22.8. The summed E-state index contributed by atoms with van der Waals surface area (Å²) in [5.41, 5.74) is 0.116. The summed E-state index contributed by atoms with van der Waals surface area (Å²) in [6.45, 7) is 0. The van der Waals surface area contributed by atoms with Crippen LogP contribution in [0.2, 0.25) is 0 Å². The smallest absolute Gasteiger partial charge is 0.416 e. The van der Waals surface area contributed by atoms with E-state index in [2.05, 4.69) is 10.3 Å². The summed E-state index contributed by atoms with van der Waals surface area (Å²) in [5.74, 6) is -0.978. The topological polar surface area (TPSA) is 134 Å². The van der Waals surface area contributed by atoms with Crippen molar-refractivity contribution in [1.29, 1.82) is 0 Å². The predicted molar refractivity (Wildman–Crippen MR) is 107 cm³/mol. The summed E-state index contributed by atoms with van der Waals surface area (Å²) < 4.78 is 62.1. The zero-order valence-corrected chi connectivity index (χ0v) is 16.3. The molecule has 3 rings (SSSR count). The lowest BCUT2D eigenvalue weighted by Gasteiger charge is -2.10. The predicted octanol–water partition coefficient (Wildman–Crippen LogP) is 3.34. The Labute approximate surface area is 174 Å². The molecule has 0 bridgehead atoms. The van der Waals surface area contributed by atoms with Crippen LogP contribution in [-0.4, -0.2) is 24.4 Å². The lowest BCUT2D eigenvalue weighted by atomic mass is 10.1. The number of phenolic OH excluding ortho intramolecular Hbond substituents is 1. The van der Waals surface area contributed by atoms with E-state index >= 15 is 0 Å². The van der Waals surface area contributed by atoms with Crippen LogP contribution in [0.25, 0.3) is 11.3 Å². The SMILES string of the molecule is NS(=O)(=O)Nc1cc(NC(=O)c2ccc(-c3ccc(C(F)(F)F)cc3)nc2)ccc1O. The second-order valence-corrected chi connectivity index (χ2v) is 7.63. The molecule has 1 amide bonds. The van der Waals surface area contributed by atoms with Crippen LogP contribution in [-0.2, 0) is 16.4 Å². The molecule has 0 aliphatic heterocycles. The Morgan fingerprint density at radius 2 is 1.71 bits per heavy atom. The first-order chi connectivity index (χ1) is 14.4. The Morgan fingerprint density at radius 3 is 2.26 bits per heavy atom. The molecule has 162 valence electrons. The van der Waals surface area contributed by atoms with Gasteiger partial charge in [-0.3, -0.25) is 14.5 Å². The molecule has 0 unspecified atom stereocenters. The van der Waals surface area contributed by atoms with Gasteiger partial charge in [0.25, 0.3) is 16.1 Å². The standard InChI is InChI=1S/C19H15F3N4O4S/c20-19(21,22)13-4-1-11(2-5-13)15-7-3-12(10-24-15)18(28)25-14-6-8-17(27)16(9-14)26-31(23,29)30/h1-10,26-27H,(H,25,28)(H2,23,29,30). The van der Waals surface area contributed by atoms with Crippen LogP contribution >= 0.6 is 0 Å². The number of benzene rings is 2. The Kier molecular flexibility index (Phi) is 5.86. The van der Waals surface area contributed by atoms with E-state index in [0.29, 0.717) is 11.3 Å². The maximum atomic E-state index is 12.7. The molecule has 0 radical (unpaired) electrons. The Balaban J connectivity index is 1.74. The number of nitrogens with zero attached hydrogens (tertiary/aromatic N) is 1. The van der Waals surface area contributed by atoms with Gasteiger partial charge in [-0.1, -0.05) is 12.1 Å². The van der Waals surface area contributed by atoms with Crippen molar-refractivity contribution in [3.8, 4) is 17.0 Å². The van der Waals surface area contributed by atoms with Crippen molar-refractivity contribution in [3.05, 3.63) is 71.9 Å². The average Bonchev–Trinajstić information content (AvgIpc) is 2.69. The van der Waals surface area contributed by atoms with Crippen LogP contribution in [0, 0.1) is 0 Å². The van der Waals surface area contributed by atoms with E-state index in [0.717, 1.165) is 18.2 Å². The molecule has 0 spiro atoms. The van der Waals surface area contributed by atoms with Gasteiger partial charge in [-0.15, -0.1) is 0 Å². The molecule has 0 aliphatic carbocycles. The molecule has 8 nitrogen and oxygen atoms in total. The monoisotopic (exact) mass is 452 g/mol. The number of alkyl halides is 3. The highest BCUT2D eigenvalue weighted by Crippen LogP contribution is 2.31. The highest BCUT2D eigenvalue weighted by molar-refractivity contribution is 7.90. The summed E-state index contributed by atoms with van der Waals surface area (Å²) in [5, 5.41) is 17.1. The van der Waals surface area contributed by atoms with Gasteiger partial charge in [-0.25, -0.2) is 5.14 Å². The van der Waals surface area contributed by atoms with E-state index in [4.69, 9.17) is 5.14 Å². The number of amides is 1. The minimum absolute atomic E-state index is 0.143. The van der Waals surface area contributed by atoms with Crippen molar-refractivity contribution in [2.75, 3.05) is 10.0 Å². The van der Waals surface area contributed by atoms with E-state index in [9.17, 15) is 31.5 Å². The number of nitrogens with two attached hydrogens (primary N) is 1. The van der Waals surface area contributed by atoms with E-state index in [1.165, 1.54) is 42.6 Å². The van der Waals surface area contributed by atoms with Gasteiger partial charge in [0, 0.05) is 17.4 Å². The number of aromatic nitrogens is 1. The summed E-state index contributed by atoms with van der Waals surface area (Å²) in [6, 6.07) is 11.0. The van der Waals surface area contributed by atoms with Gasteiger partial charge in [-0.2, -0.15) is 21.6 Å². The molecule has 31 heavy (non-hydrogen) atoms. The van der Waals surface area contributed by atoms with Crippen molar-refractivity contribution in [2.24, 2.45) is 5.14 Å². The Morgan fingerprint density at radius 1 is 1.03 bits per heavy atom. The van der Waals surface area contributed by atoms with E-state index in [-0.39, 0.29) is 16.9 Å². The quantitative estimate of drug-likeness (QED) is 0.348. The zero-order valence-electron chi connectivity index (χ0n) is 15.5. The number of halogens is 3. The van der Waals surface area contributed by atoms with Crippen molar-refractivity contribution < 1.29 is 31.5 Å². The highest BCUT2D eigenvalue weighted by atomic mass is 32.2. The number of hydrogen-bond donors (Lipinski definition) is 4. The molecule has 0 aliphatic rings. The van der Waals surface area contributed by atoms with Crippen molar-refractivity contribution >= 4 is 27.5 Å². The number of rotatable bonds is 5. The van der Waals surface area contributed by atoms with Gasteiger partial charge >= 0.3 is 6.18 Å². The molecule has 0 saturated heterocycles. The van der Waals surface area contributed by atoms with Gasteiger partial charge in [-0.05, 0) is 42.5 Å². The second-order valence-electron chi connectivity index (χ2n) is 6.34. The first kappa shape index (κ1) is 22.1. The van der Waals surface area contributed by atoms with Gasteiger partial charge in [0.2, 0.25) is 0 Å². The third-order valence-corrected chi connectivity index (χ3v) is 4.54. The fourth-order valence-corrected chi connectivity index (χ4v) is 3.05. The third kappa shape index (κ3) is 5.71. The molecule has 0 fully saturated rings. The number of phenols is 1. The van der Waals surface area contributed by atoms with E-state index in [1.807, 2.05) is 4.72 Å². The highest BCUT2D eigenvalue weighted by Gasteiger charge is 2.30. The maximum absolute atomic E-state index is 12.7. The summed E-state index contributed by atoms with van der Waals surface area (Å²) >= 11 is 0. The maximum Gasteiger partial charge on any atom is 0.416 e. The first-order valence-corrected chi connectivity index (χ1v) is 10.1. The van der Waals surface area contributed by atoms with Crippen molar-refractivity contribution in [1.82, 2.24) is 4.98 Å². The minimum atomic E-state index is -4.44. The number of pyridine rings is 1. The molecular formula is C19H15F3N4O4S. The Bertz CT molecular complexity index is 1210. The third-order valence-electron chi connectivity index (χ3n) is 4.04. The fraction of sp³-hybridized carbons (Fsp3) is 0.0526. The largest absolute Gasteiger partial charge is 0.506 e. The van der Waals surface area contributed by atoms with Crippen LogP contribution in [0.15, 0.2) is 60.8 Å². The molecule has 12 heteroatoms. The molecule has 1 aromatic heterocycles. The second kappa shape index (κ2) is 8.24. The number of aromatic hydroxyl groups is 1. The average molecular weight is 452 g/mol. The van der Waals surface area contributed by atoms with Crippen molar-refractivity contribution in [3.63, 3.8) is 0 Å². The molecule has 1 heterocycles. The molecule has 0 atom stereocenters. The van der Waals surface area contributed by atoms with Crippen LogP contribution in [0.4, 0.5) is 24.5 Å². The van der Waals surface area contributed by atoms with E-state index in [1.54, 1.807) is 0 Å². The van der Waals surface area contributed by atoms with Gasteiger partial charge in [0.1, 0.15) is 5.75 Å². The molecule has 2 aromatic carbocycles. The van der Waals surface area contributed by atoms with Crippen LogP contribution in [0.5, 0.6) is 5.75 Å².